The molecule has 0 amide bonds. The van der Waals surface area contributed by atoms with Gasteiger partial charge >= 0.3 is 0 Å². The van der Waals surface area contributed by atoms with Crippen molar-refractivity contribution in [2.24, 2.45) is 23.7 Å². The third-order valence-electron chi connectivity index (χ3n) is 15.2. The van der Waals surface area contributed by atoms with Crippen molar-refractivity contribution in [3.05, 3.63) is 123 Å². The van der Waals surface area contributed by atoms with Gasteiger partial charge in [-0.2, -0.15) is 0 Å². The number of nitrogens with one attached hydrogen (secondary N) is 2. The molecule has 5 heteroatoms. The molecule has 2 aliphatic heterocycles. The van der Waals surface area contributed by atoms with Crippen molar-refractivity contribution in [2.75, 3.05) is 0 Å². The summed E-state index contributed by atoms with van der Waals surface area (Å²) in [5.74, 6) is 6.31. The van der Waals surface area contributed by atoms with Crippen LogP contribution in [0, 0.1) is 36.0 Å². The van der Waals surface area contributed by atoms with Gasteiger partial charge < -0.3 is 9.97 Å². The lowest BCUT2D eigenvalue weighted by Gasteiger charge is -2.34. The van der Waals surface area contributed by atoms with Crippen molar-refractivity contribution in [2.45, 2.75) is 94.7 Å². The van der Waals surface area contributed by atoms with Gasteiger partial charge in [-0.25, -0.2) is 9.97 Å². The molecule has 3 aromatic heterocycles. The van der Waals surface area contributed by atoms with Crippen molar-refractivity contribution in [1.29, 1.82) is 0 Å². The predicted octanol–water partition coefficient (Wildman–Crippen LogP) is 12.3. The summed E-state index contributed by atoms with van der Waals surface area (Å²) in [6, 6.07) is 4.87. The van der Waals surface area contributed by atoms with Gasteiger partial charge in [0.2, 0.25) is 0 Å². The first kappa shape index (κ1) is 32.2. The summed E-state index contributed by atoms with van der Waals surface area (Å²) in [7, 11) is -1.56. The molecule has 0 fully saturated rings. The van der Waals surface area contributed by atoms with Crippen LogP contribution in [0.4, 0.5) is 0 Å². The van der Waals surface area contributed by atoms with Crippen LogP contribution in [0.25, 0.3) is 50.4 Å². The number of hydrogen-bond donors (Lipinski definition) is 2. The van der Waals surface area contributed by atoms with Gasteiger partial charge in [0.25, 0.3) is 0 Å². The predicted molar refractivity (Wildman–Crippen MR) is 233 cm³/mol. The molecule has 276 valence electrons. The minimum atomic E-state index is -1.56. The summed E-state index contributed by atoms with van der Waals surface area (Å²) < 4.78 is 0. The highest BCUT2D eigenvalue weighted by molar-refractivity contribution is 6.81. The topological polar surface area (TPSA) is 57.4 Å². The lowest BCUT2D eigenvalue weighted by Crippen LogP contribution is -2.20. The van der Waals surface area contributed by atoms with Crippen LogP contribution >= 0.6 is 0 Å². The first-order valence-corrected chi connectivity index (χ1v) is 25.2. The van der Waals surface area contributed by atoms with E-state index in [0.29, 0.717) is 47.3 Å². The number of terminal acetylenes is 1. The first-order valence-electron chi connectivity index (χ1n) is 21.6. The van der Waals surface area contributed by atoms with Crippen molar-refractivity contribution < 1.29 is 0 Å². The van der Waals surface area contributed by atoms with Crippen LogP contribution in [0.15, 0.2) is 66.4 Å². The number of aromatic nitrogens is 4. The zero-order valence-electron chi connectivity index (χ0n) is 32.7. The third-order valence-corrected chi connectivity index (χ3v) is 16.4. The van der Waals surface area contributed by atoms with Gasteiger partial charge in [-0.15, -0.1) is 6.42 Å². The molecule has 3 aromatic rings. The van der Waals surface area contributed by atoms with E-state index in [4.69, 9.17) is 16.4 Å². The molecular weight excluding hydrogens is 697 g/mol. The zero-order valence-corrected chi connectivity index (χ0v) is 33.7. The Morgan fingerprint density at radius 1 is 0.554 bits per heavy atom. The second-order valence-electron chi connectivity index (χ2n) is 19.5. The molecule has 4 nitrogen and oxygen atoms in total. The monoisotopic (exact) mass is 744 g/mol. The summed E-state index contributed by atoms with van der Waals surface area (Å²) >= 11 is 0. The van der Waals surface area contributed by atoms with Crippen LogP contribution in [0.2, 0.25) is 19.6 Å². The molecule has 2 N–H and O–H groups in total. The van der Waals surface area contributed by atoms with Crippen molar-refractivity contribution in [3.63, 3.8) is 0 Å². The second-order valence-corrected chi connectivity index (χ2v) is 24.5. The average molecular weight is 745 g/mol. The quantitative estimate of drug-likeness (QED) is 0.156. The molecule has 0 saturated carbocycles. The maximum Gasteiger partial charge on any atom is 0.0857 e. The molecule has 0 aromatic carbocycles. The zero-order chi connectivity index (χ0) is 37.2. The molecule has 16 bridgehead atoms. The summed E-state index contributed by atoms with van der Waals surface area (Å²) in [5.41, 5.74) is 25.6. The molecule has 0 spiro atoms. The Balaban J connectivity index is 1.25. The Morgan fingerprint density at radius 3 is 1.30 bits per heavy atom. The summed E-state index contributed by atoms with van der Waals surface area (Å²) in [4.78, 5) is 19.8. The van der Waals surface area contributed by atoms with Crippen LogP contribution < -0.4 is 0 Å². The van der Waals surface area contributed by atoms with Crippen molar-refractivity contribution >= 4 is 58.5 Å². The smallest absolute Gasteiger partial charge is 0.0857 e. The standard InChI is InChI=1S/C51H48N4Si/c1-5-34-48-44-30-14-6-26(7-15-30)40(44)36(52-48)24-38-42-28-10-18-32(19-11-28)46(42)50(54-38)35(22-23-56(2,3)4)51-47-33-20-12-29(13-21-33)43(47)39(55-51)25-37-41-27-8-16-31(17-9-27)45(41)49(34)53-37/h1,6,8,10,12,14,16,18,20,22-33,54-55H,7,9,11,13,15,17,19,21H2,2-4H3/b23-22+,36-24?,37-25?,38-24?,39-25?,48-34?,49-34?,50-35?,51-35?. The van der Waals surface area contributed by atoms with E-state index in [1.54, 1.807) is 0 Å². The fraction of sp³-hybridized carbons (Fsp3) is 0.373. The highest BCUT2D eigenvalue weighted by atomic mass is 28.3. The fourth-order valence-corrected chi connectivity index (χ4v) is 13.5. The van der Waals surface area contributed by atoms with E-state index in [9.17, 15) is 0 Å². The summed E-state index contributed by atoms with van der Waals surface area (Å²) in [5, 5.41) is 0. The van der Waals surface area contributed by atoms with Crippen LogP contribution in [0.3, 0.4) is 0 Å². The van der Waals surface area contributed by atoms with E-state index in [-0.39, 0.29) is 0 Å². The highest BCUT2D eigenvalue weighted by Gasteiger charge is 2.43. The minimum absolute atomic E-state index is 0.337. The number of H-pyrrole nitrogens is 2. The molecule has 12 aliphatic carbocycles. The van der Waals surface area contributed by atoms with Gasteiger partial charge in [0.15, 0.2) is 0 Å². The van der Waals surface area contributed by atoms with Gasteiger partial charge in [0.05, 0.1) is 47.4 Å². The number of nitrogens with zero attached hydrogens (tertiary/aromatic N) is 2. The molecule has 56 heavy (non-hydrogen) atoms. The number of rotatable bonds is 2. The van der Waals surface area contributed by atoms with E-state index < -0.39 is 8.07 Å². The molecule has 8 unspecified atom stereocenters. The molecule has 17 rings (SSSR count). The minimum Gasteiger partial charge on any atom is -0.354 e. The number of allylic oxidation sites excluding steroid dienone is 12. The maximum absolute atomic E-state index is 6.70. The number of fused-ring (bicyclic) bond motifs is 12. The first-order chi connectivity index (χ1) is 27.3. The number of hydrogen-bond acceptors (Lipinski definition) is 2. The molecule has 0 saturated heterocycles. The van der Waals surface area contributed by atoms with Crippen molar-refractivity contribution in [1.82, 2.24) is 19.9 Å². The third kappa shape index (κ3) is 4.27. The fourth-order valence-electron chi connectivity index (χ4n) is 12.8. The second kappa shape index (κ2) is 11.1. The highest BCUT2D eigenvalue weighted by Crippen LogP contribution is 2.57. The molecule has 8 atom stereocenters. The van der Waals surface area contributed by atoms with E-state index in [1.165, 1.54) is 111 Å². The maximum atomic E-state index is 6.70. The lowest BCUT2D eigenvalue weighted by atomic mass is 9.69. The molecule has 0 radical (unpaired) electrons. The molecule has 14 aliphatic rings. The van der Waals surface area contributed by atoms with E-state index in [2.05, 4.69) is 108 Å². The van der Waals surface area contributed by atoms with E-state index in [1.807, 2.05) is 0 Å². The normalized spacial score (nSPS) is 30.8. The Kier molecular flexibility index (Phi) is 6.40. The van der Waals surface area contributed by atoms with Gasteiger partial charge in [-0.3, -0.25) is 0 Å². The Labute approximate surface area is 330 Å². The van der Waals surface area contributed by atoms with Gasteiger partial charge in [-0.05, 0) is 108 Å². The van der Waals surface area contributed by atoms with Crippen LogP contribution in [-0.2, 0) is 0 Å². The Morgan fingerprint density at radius 2 is 0.929 bits per heavy atom. The summed E-state index contributed by atoms with van der Waals surface area (Å²) in [6.07, 6.45) is 38.5. The number of aromatic amines is 2. The van der Waals surface area contributed by atoms with E-state index in [0.717, 1.165) is 41.2 Å². The van der Waals surface area contributed by atoms with Crippen molar-refractivity contribution in [3.8, 4) is 12.3 Å². The van der Waals surface area contributed by atoms with Crippen LogP contribution in [0.5, 0.6) is 0 Å². The average Bonchev–Trinajstić information content (AvgIpc) is 4.02. The van der Waals surface area contributed by atoms with Crippen LogP contribution in [-0.4, -0.2) is 28.0 Å². The van der Waals surface area contributed by atoms with Crippen LogP contribution in [0.1, 0.15) is 131 Å². The SMILES string of the molecule is C#Cc1c2nc(cc3[nH]c(c4c3C3C=CC4CC3)c(/C=C/[Si](C)(C)C)c3[nH]c(cc4nc1C1=C4C4C=CC1CC4)c1c3C3C=CC1CC3)C1=C2C2C=CC1CC2. The van der Waals surface area contributed by atoms with Gasteiger partial charge in [-0.1, -0.05) is 85.9 Å². The lowest BCUT2D eigenvalue weighted by molar-refractivity contribution is 0.557. The largest absolute Gasteiger partial charge is 0.354 e. The summed E-state index contributed by atoms with van der Waals surface area (Å²) in [6.45, 7) is 7.37. The van der Waals surface area contributed by atoms with E-state index >= 15 is 0 Å². The Bertz CT molecular complexity index is 2640. The Hall–Kier alpha value is -4.92. The van der Waals surface area contributed by atoms with Gasteiger partial charge in [0, 0.05) is 63.9 Å². The van der Waals surface area contributed by atoms with Gasteiger partial charge in [0.1, 0.15) is 0 Å². The molecule has 5 heterocycles. The molecular formula is C51H48N4Si.